The molecule has 7 nitrogen and oxygen atoms in total. The number of nitrogens with one attached hydrogen (secondary N) is 1. The lowest BCUT2D eigenvalue weighted by atomic mass is 10.1. The van der Waals surface area contributed by atoms with Gasteiger partial charge in [0.05, 0.1) is 18.8 Å². The number of rotatable bonds is 5. The lowest BCUT2D eigenvalue weighted by Gasteiger charge is -2.34. The molecule has 0 bridgehead atoms. The molecule has 122 valence electrons. The van der Waals surface area contributed by atoms with Crippen molar-refractivity contribution < 1.29 is 13.9 Å². The molecule has 23 heavy (non-hydrogen) atoms. The molecule has 3 rings (SSSR count). The first-order valence-electron chi connectivity index (χ1n) is 7.74. The maximum atomic E-state index is 12.3. The van der Waals surface area contributed by atoms with Crippen LogP contribution in [0.1, 0.15) is 25.1 Å². The van der Waals surface area contributed by atoms with Crippen molar-refractivity contribution in [2.45, 2.75) is 32.9 Å². The SMILES string of the molecule is CCCNC(=O)[C@H]1CN(Cc2nnc(C)o2)c2ccccc2O1. The Labute approximate surface area is 134 Å². The fraction of sp³-hybridized carbons (Fsp3) is 0.438. The van der Waals surface area contributed by atoms with Gasteiger partial charge in [0.25, 0.3) is 5.91 Å². The van der Waals surface area contributed by atoms with Crippen LogP contribution in [0, 0.1) is 6.92 Å². The summed E-state index contributed by atoms with van der Waals surface area (Å²) in [5.41, 5.74) is 0.919. The summed E-state index contributed by atoms with van der Waals surface area (Å²) in [5, 5.41) is 10.8. The van der Waals surface area contributed by atoms with E-state index in [-0.39, 0.29) is 5.91 Å². The minimum absolute atomic E-state index is 0.104. The van der Waals surface area contributed by atoms with Crippen LogP contribution < -0.4 is 15.0 Å². The third kappa shape index (κ3) is 3.44. The van der Waals surface area contributed by atoms with Crippen LogP contribution in [0.4, 0.5) is 5.69 Å². The van der Waals surface area contributed by atoms with Crippen molar-refractivity contribution in [2.75, 3.05) is 18.0 Å². The van der Waals surface area contributed by atoms with Gasteiger partial charge in [0.2, 0.25) is 11.8 Å². The van der Waals surface area contributed by atoms with Crippen LogP contribution >= 0.6 is 0 Å². The number of aryl methyl sites for hydroxylation is 1. The number of carbonyl (C=O) groups excluding carboxylic acids is 1. The molecule has 0 aliphatic carbocycles. The number of carbonyl (C=O) groups is 1. The monoisotopic (exact) mass is 316 g/mol. The standard InChI is InChI=1S/C16H20N4O3/c1-3-8-17-16(21)14-9-20(10-15-19-18-11(2)22-15)12-6-4-5-7-13(12)23-14/h4-7,14H,3,8-10H2,1-2H3,(H,17,21)/t14-/m1/s1. The number of aromatic nitrogens is 2. The van der Waals surface area contributed by atoms with Gasteiger partial charge in [-0.2, -0.15) is 0 Å². The minimum atomic E-state index is -0.555. The van der Waals surface area contributed by atoms with Crippen molar-refractivity contribution in [3.05, 3.63) is 36.0 Å². The van der Waals surface area contributed by atoms with E-state index in [4.69, 9.17) is 9.15 Å². The van der Waals surface area contributed by atoms with E-state index in [9.17, 15) is 4.79 Å². The summed E-state index contributed by atoms with van der Waals surface area (Å²) in [6, 6.07) is 7.64. The van der Waals surface area contributed by atoms with Crippen LogP contribution in [-0.4, -0.2) is 35.3 Å². The summed E-state index contributed by atoms with van der Waals surface area (Å²) in [7, 11) is 0. The summed E-state index contributed by atoms with van der Waals surface area (Å²) in [6.07, 6.45) is 0.334. The first kappa shape index (κ1) is 15.3. The smallest absolute Gasteiger partial charge is 0.262 e. The first-order chi connectivity index (χ1) is 11.2. The molecule has 7 heteroatoms. The van der Waals surface area contributed by atoms with Gasteiger partial charge in [0, 0.05) is 13.5 Å². The number of amides is 1. The lowest BCUT2D eigenvalue weighted by Crippen LogP contribution is -2.48. The van der Waals surface area contributed by atoms with Gasteiger partial charge in [-0.25, -0.2) is 0 Å². The molecule has 1 aromatic carbocycles. The van der Waals surface area contributed by atoms with Crippen molar-refractivity contribution in [3.63, 3.8) is 0 Å². The summed E-state index contributed by atoms with van der Waals surface area (Å²) in [5.74, 6) is 1.63. The summed E-state index contributed by atoms with van der Waals surface area (Å²) in [6.45, 7) is 5.29. The van der Waals surface area contributed by atoms with E-state index in [2.05, 4.69) is 15.5 Å². The molecule has 0 saturated heterocycles. The molecule has 1 atom stereocenters. The molecule has 1 aromatic heterocycles. The Bertz CT molecular complexity index is 685. The van der Waals surface area contributed by atoms with Gasteiger partial charge in [-0.3, -0.25) is 4.79 Å². The lowest BCUT2D eigenvalue weighted by molar-refractivity contribution is -0.127. The van der Waals surface area contributed by atoms with Crippen LogP contribution in [-0.2, 0) is 11.3 Å². The minimum Gasteiger partial charge on any atom is -0.477 e. The van der Waals surface area contributed by atoms with Crippen molar-refractivity contribution >= 4 is 11.6 Å². The molecular formula is C16H20N4O3. The molecule has 0 fully saturated rings. The van der Waals surface area contributed by atoms with Crippen LogP contribution in [0.15, 0.2) is 28.7 Å². The molecule has 1 N–H and O–H groups in total. The van der Waals surface area contributed by atoms with E-state index in [0.29, 0.717) is 37.2 Å². The summed E-state index contributed by atoms with van der Waals surface area (Å²) in [4.78, 5) is 14.3. The molecule has 0 saturated carbocycles. The molecule has 1 amide bonds. The van der Waals surface area contributed by atoms with Crippen molar-refractivity contribution in [1.82, 2.24) is 15.5 Å². The maximum absolute atomic E-state index is 12.3. The van der Waals surface area contributed by atoms with Crippen LogP contribution in [0.2, 0.25) is 0 Å². The molecular weight excluding hydrogens is 296 g/mol. The van der Waals surface area contributed by atoms with E-state index in [0.717, 1.165) is 12.1 Å². The Balaban J connectivity index is 1.80. The fourth-order valence-corrected chi connectivity index (χ4v) is 2.52. The van der Waals surface area contributed by atoms with E-state index in [1.165, 1.54) is 0 Å². The number of para-hydroxylation sites is 2. The van der Waals surface area contributed by atoms with E-state index >= 15 is 0 Å². The third-order valence-electron chi connectivity index (χ3n) is 3.60. The Kier molecular flexibility index (Phi) is 4.45. The number of benzene rings is 1. The average molecular weight is 316 g/mol. The highest BCUT2D eigenvalue weighted by Gasteiger charge is 2.31. The van der Waals surface area contributed by atoms with Gasteiger partial charge < -0.3 is 19.4 Å². The van der Waals surface area contributed by atoms with Gasteiger partial charge in [-0.05, 0) is 18.6 Å². The van der Waals surface area contributed by atoms with Crippen LogP contribution in [0.5, 0.6) is 5.75 Å². The van der Waals surface area contributed by atoms with Crippen molar-refractivity contribution in [1.29, 1.82) is 0 Å². The Morgan fingerprint density at radius 2 is 2.22 bits per heavy atom. The van der Waals surface area contributed by atoms with E-state index < -0.39 is 6.10 Å². The topological polar surface area (TPSA) is 80.5 Å². The Morgan fingerprint density at radius 3 is 2.96 bits per heavy atom. The molecule has 2 heterocycles. The fourth-order valence-electron chi connectivity index (χ4n) is 2.52. The number of hydrogen-bond donors (Lipinski definition) is 1. The number of nitrogens with zero attached hydrogens (tertiary/aromatic N) is 3. The number of ether oxygens (including phenoxy) is 1. The second kappa shape index (κ2) is 6.68. The highest BCUT2D eigenvalue weighted by atomic mass is 16.5. The average Bonchev–Trinajstić information content (AvgIpc) is 2.97. The Hall–Kier alpha value is -2.57. The zero-order valence-electron chi connectivity index (χ0n) is 13.3. The number of anilines is 1. The summed E-state index contributed by atoms with van der Waals surface area (Å²) >= 11 is 0. The molecule has 1 aliphatic rings. The van der Waals surface area contributed by atoms with Gasteiger partial charge in [-0.1, -0.05) is 19.1 Å². The van der Waals surface area contributed by atoms with Gasteiger partial charge >= 0.3 is 0 Å². The van der Waals surface area contributed by atoms with Gasteiger partial charge in [0.1, 0.15) is 5.75 Å². The van der Waals surface area contributed by atoms with Crippen LogP contribution in [0.25, 0.3) is 0 Å². The van der Waals surface area contributed by atoms with Gasteiger partial charge in [0.15, 0.2) is 6.10 Å². The van der Waals surface area contributed by atoms with Crippen molar-refractivity contribution in [3.8, 4) is 5.75 Å². The zero-order valence-corrected chi connectivity index (χ0v) is 13.3. The number of fused-ring (bicyclic) bond motifs is 1. The Morgan fingerprint density at radius 1 is 1.39 bits per heavy atom. The van der Waals surface area contributed by atoms with Crippen molar-refractivity contribution in [2.24, 2.45) is 0 Å². The third-order valence-corrected chi connectivity index (χ3v) is 3.60. The van der Waals surface area contributed by atoms with Crippen LogP contribution in [0.3, 0.4) is 0 Å². The highest BCUT2D eigenvalue weighted by molar-refractivity contribution is 5.83. The second-order valence-corrected chi connectivity index (χ2v) is 5.46. The van der Waals surface area contributed by atoms with E-state index in [1.807, 2.05) is 36.1 Å². The molecule has 1 aliphatic heterocycles. The highest BCUT2D eigenvalue weighted by Crippen LogP contribution is 2.33. The largest absolute Gasteiger partial charge is 0.477 e. The molecule has 2 aromatic rings. The maximum Gasteiger partial charge on any atom is 0.262 e. The summed E-state index contributed by atoms with van der Waals surface area (Å²) < 4.78 is 11.3. The zero-order chi connectivity index (χ0) is 16.2. The molecule has 0 unspecified atom stereocenters. The quantitative estimate of drug-likeness (QED) is 0.904. The predicted molar refractivity (Wildman–Crippen MR) is 84.2 cm³/mol. The first-order valence-corrected chi connectivity index (χ1v) is 7.74. The molecule has 0 spiro atoms. The molecule has 0 radical (unpaired) electrons. The second-order valence-electron chi connectivity index (χ2n) is 5.46. The predicted octanol–water partition coefficient (Wildman–Crippen LogP) is 1.67. The normalized spacial score (nSPS) is 16.6. The van der Waals surface area contributed by atoms with Gasteiger partial charge in [-0.15, -0.1) is 10.2 Å². The van der Waals surface area contributed by atoms with E-state index in [1.54, 1.807) is 6.92 Å². The number of hydrogen-bond acceptors (Lipinski definition) is 6.